The maximum Gasteiger partial charge on any atom is 0.118 e. The Balaban J connectivity index is 1.87. The minimum absolute atomic E-state index is 0.0803. The van der Waals surface area contributed by atoms with Crippen LogP contribution in [0.25, 0.3) is 21.5 Å². The zero-order chi connectivity index (χ0) is 14.1. The Labute approximate surface area is 121 Å². The summed E-state index contributed by atoms with van der Waals surface area (Å²) in [4.78, 5) is 0. The highest BCUT2D eigenvalue weighted by Crippen LogP contribution is 2.53. The molecular formula is C18H14O3. The van der Waals surface area contributed by atoms with E-state index < -0.39 is 12.2 Å². The lowest BCUT2D eigenvalue weighted by molar-refractivity contribution is 0.000106. The Kier molecular flexibility index (Phi) is 2.13. The van der Waals surface area contributed by atoms with E-state index in [1.807, 2.05) is 24.3 Å². The van der Waals surface area contributed by atoms with Crippen molar-refractivity contribution >= 4 is 21.5 Å². The quantitative estimate of drug-likeness (QED) is 0.491. The fourth-order valence-electron chi connectivity index (χ4n) is 3.61. The van der Waals surface area contributed by atoms with Crippen molar-refractivity contribution in [2.24, 2.45) is 0 Å². The Hall–Kier alpha value is -1.94. The van der Waals surface area contributed by atoms with Gasteiger partial charge in [0.25, 0.3) is 0 Å². The molecule has 5 rings (SSSR count). The molecule has 0 bridgehead atoms. The Morgan fingerprint density at radius 1 is 0.857 bits per heavy atom. The standard InChI is InChI=1S/C18H14O3/c19-15-12-6-5-11-7-9-3-1-2-4-10(9)8-13(11)14(12)17-18(21-17)16(15)20/h1-8,15-20H/t15-,16?,17-,18+/m1/s1. The van der Waals surface area contributed by atoms with Crippen LogP contribution in [-0.4, -0.2) is 22.4 Å². The molecule has 0 aromatic heterocycles. The molecule has 2 aliphatic rings. The average Bonchev–Trinajstić information content (AvgIpc) is 3.30. The molecule has 3 heteroatoms. The summed E-state index contributed by atoms with van der Waals surface area (Å²) in [6.07, 6.45) is -2.02. The number of hydrogen-bond donors (Lipinski definition) is 2. The van der Waals surface area contributed by atoms with Crippen molar-refractivity contribution in [2.75, 3.05) is 0 Å². The molecule has 1 heterocycles. The van der Waals surface area contributed by atoms with Crippen molar-refractivity contribution in [1.82, 2.24) is 0 Å². The molecule has 0 saturated carbocycles. The van der Waals surface area contributed by atoms with Crippen LogP contribution in [0.5, 0.6) is 0 Å². The second-order valence-electron chi connectivity index (χ2n) is 5.95. The van der Waals surface area contributed by atoms with Crippen LogP contribution in [0.3, 0.4) is 0 Å². The van der Waals surface area contributed by atoms with E-state index in [1.165, 1.54) is 10.8 Å². The van der Waals surface area contributed by atoms with E-state index in [1.54, 1.807) is 0 Å². The molecule has 1 aliphatic heterocycles. The maximum absolute atomic E-state index is 10.3. The van der Waals surface area contributed by atoms with Gasteiger partial charge in [0.05, 0.1) is 0 Å². The van der Waals surface area contributed by atoms with Gasteiger partial charge in [0.15, 0.2) is 0 Å². The van der Waals surface area contributed by atoms with Gasteiger partial charge in [-0.1, -0.05) is 36.4 Å². The average molecular weight is 278 g/mol. The lowest BCUT2D eigenvalue weighted by Gasteiger charge is -2.24. The van der Waals surface area contributed by atoms with Gasteiger partial charge in [0.2, 0.25) is 0 Å². The summed E-state index contributed by atoms with van der Waals surface area (Å²) in [6.45, 7) is 0. The Morgan fingerprint density at radius 3 is 2.43 bits per heavy atom. The van der Waals surface area contributed by atoms with Crippen LogP contribution in [-0.2, 0) is 4.74 Å². The molecule has 3 aromatic rings. The van der Waals surface area contributed by atoms with Gasteiger partial charge in [0.1, 0.15) is 24.4 Å². The van der Waals surface area contributed by atoms with Gasteiger partial charge < -0.3 is 14.9 Å². The van der Waals surface area contributed by atoms with Crippen LogP contribution in [0.4, 0.5) is 0 Å². The number of rotatable bonds is 0. The van der Waals surface area contributed by atoms with Crippen LogP contribution < -0.4 is 0 Å². The van der Waals surface area contributed by atoms with E-state index in [4.69, 9.17) is 4.74 Å². The summed E-state index contributed by atoms with van der Waals surface area (Å²) >= 11 is 0. The number of aliphatic hydroxyl groups is 2. The number of aliphatic hydroxyl groups excluding tert-OH is 2. The van der Waals surface area contributed by atoms with Crippen LogP contribution in [0.15, 0.2) is 48.5 Å². The fourth-order valence-corrected chi connectivity index (χ4v) is 3.61. The minimum Gasteiger partial charge on any atom is -0.387 e. The monoisotopic (exact) mass is 278 g/mol. The first-order chi connectivity index (χ1) is 10.2. The number of fused-ring (bicyclic) bond motifs is 6. The molecule has 2 N–H and O–H groups in total. The van der Waals surface area contributed by atoms with Crippen molar-refractivity contribution in [3.05, 3.63) is 59.7 Å². The maximum atomic E-state index is 10.3. The fraction of sp³-hybridized carbons (Fsp3) is 0.222. The Morgan fingerprint density at radius 2 is 1.62 bits per heavy atom. The van der Waals surface area contributed by atoms with Crippen molar-refractivity contribution in [1.29, 1.82) is 0 Å². The van der Waals surface area contributed by atoms with Gasteiger partial charge in [-0.15, -0.1) is 0 Å². The Bertz CT molecular complexity index is 886. The summed E-state index contributed by atoms with van der Waals surface area (Å²) in [5.74, 6) is 0. The van der Waals surface area contributed by atoms with E-state index in [9.17, 15) is 10.2 Å². The third-order valence-electron chi connectivity index (χ3n) is 4.75. The number of benzene rings is 3. The van der Waals surface area contributed by atoms with Gasteiger partial charge in [-0.2, -0.15) is 0 Å². The number of hydrogen-bond acceptors (Lipinski definition) is 3. The molecule has 1 aliphatic carbocycles. The van der Waals surface area contributed by atoms with Gasteiger partial charge >= 0.3 is 0 Å². The molecule has 1 fully saturated rings. The van der Waals surface area contributed by atoms with Gasteiger partial charge in [-0.25, -0.2) is 0 Å². The van der Waals surface area contributed by atoms with Crippen LogP contribution >= 0.6 is 0 Å². The van der Waals surface area contributed by atoms with Crippen molar-refractivity contribution in [3.63, 3.8) is 0 Å². The third-order valence-corrected chi connectivity index (χ3v) is 4.75. The first kappa shape index (κ1) is 11.7. The molecule has 104 valence electrons. The summed E-state index contributed by atoms with van der Waals surface area (Å²) < 4.78 is 5.60. The molecule has 3 aromatic carbocycles. The summed E-state index contributed by atoms with van der Waals surface area (Å²) in [6, 6.07) is 16.5. The van der Waals surface area contributed by atoms with E-state index in [-0.39, 0.29) is 12.2 Å². The molecule has 0 amide bonds. The van der Waals surface area contributed by atoms with E-state index in [0.29, 0.717) is 0 Å². The highest BCUT2D eigenvalue weighted by Gasteiger charge is 2.54. The van der Waals surface area contributed by atoms with Gasteiger partial charge in [-0.3, -0.25) is 0 Å². The lowest BCUT2D eigenvalue weighted by Crippen LogP contribution is -2.29. The van der Waals surface area contributed by atoms with Gasteiger partial charge in [-0.05, 0) is 44.8 Å². The minimum atomic E-state index is -0.861. The van der Waals surface area contributed by atoms with Crippen molar-refractivity contribution in [3.8, 4) is 0 Å². The second-order valence-corrected chi connectivity index (χ2v) is 5.95. The second kappa shape index (κ2) is 3.83. The lowest BCUT2D eigenvalue weighted by atomic mass is 9.84. The van der Waals surface area contributed by atoms with E-state index in [0.717, 1.165) is 21.9 Å². The van der Waals surface area contributed by atoms with E-state index in [2.05, 4.69) is 24.3 Å². The number of ether oxygens (including phenoxy) is 1. The topological polar surface area (TPSA) is 53.0 Å². The SMILES string of the molecule is OC1[C@H](O)c2ccc3cc4ccccc4cc3c2[C@H]2O[C@@H]12. The van der Waals surface area contributed by atoms with Gasteiger partial charge in [0, 0.05) is 0 Å². The van der Waals surface area contributed by atoms with Crippen molar-refractivity contribution in [2.45, 2.75) is 24.4 Å². The van der Waals surface area contributed by atoms with Crippen molar-refractivity contribution < 1.29 is 14.9 Å². The summed E-state index contributed by atoms with van der Waals surface area (Å²) in [5.41, 5.74) is 1.84. The molecular weight excluding hydrogens is 264 g/mol. The predicted molar refractivity (Wildman–Crippen MR) is 80.0 cm³/mol. The van der Waals surface area contributed by atoms with E-state index >= 15 is 0 Å². The largest absolute Gasteiger partial charge is 0.387 e. The molecule has 0 radical (unpaired) electrons. The molecule has 4 atom stereocenters. The normalized spacial score (nSPS) is 30.2. The zero-order valence-corrected chi connectivity index (χ0v) is 11.2. The first-order valence-electron chi connectivity index (χ1n) is 7.21. The molecule has 3 nitrogen and oxygen atoms in total. The van der Waals surface area contributed by atoms with Crippen LogP contribution in [0, 0.1) is 0 Å². The molecule has 21 heavy (non-hydrogen) atoms. The highest BCUT2D eigenvalue weighted by atomic mass is 16.6. The third kappa shape index (κ3) is 1.48. The highest BCUT2D eigenvalue weighted by molar-refractivity contribution is 6.00. The molecule has 1 saturated heterocycles. The predicted octanol–water partition coefficient (Wildman–Crippen LogP) is 2.84. The van der Waals surface area contributed by atoms with Crippen LogP contribution in [0.1, 0.15) is 23.3 Å². The molecule has 1 unspecified atom stereocenters. The molecule has 0 spiro atoms. The summed E-state index contributed by atoms with van der Waals surface area (Å²) in [7, 11) is 0. The van der Waals surface area contributed by atoms with Crippen LogP contribution in [0.2, 0.25) is 0 Å². The zero-order valence-electron chi connectivity index (χ0n) is 11.2. The number of epoxide rings is 1. The summed E-state index contributed by atoms with van der Waals surface area (Å²) in [5, 5.41) is 24.9. The first-order valence-corrected chi connectivity index (χ1v) is 7.21. The smallest absolute Gasteiger partial charge is 0.118 e.